The van der Waals surface area contributed by atoms with Gasteiger partial charge in [0.1, 0.15) is 5.69 Å². The lowest BCUT2D eigenvalue weighted by atomic mass is 10.1. The van der Waals surface area contributed by atoms with Crippen LogP contribution in [-0.2, 0) is 10.0 Å². The third-order valence-electron chi connectivity index (χ3n) is 4.70. The lowest BCUT2D eigenvalue weighted by molar-refractivity contribution is 0.0822. The number of benzene rings is 2. The van der Waals surface area contributed by atoms with Crippen molar-refractivity contribution in [3.05, 3.63) is 72.1 Å². The number of carbonyl (C=O) groups is 1. The molecule has 0 saturated heterocycles. The molecule has 0 radical (unpaired) electrons. The molecule has 2 aromatic carbocycles. The van der Waals surface area contributed by atoms with Crippen molar-refractivity contribution >= 4 is 37.7 Å². The van der Waals surface area contributed by atoms with Crippen molar-refractivity contribution in [2.24, 2.45) is 0 Å². The van der Waals surface area contributed by atoms with Crippen LogP contribution in [0.2, 0.25) is 0 Å². The SMILES string of the molecule is Cc1ccc(S(=O)(=O)n2c3ccccc3c3cc(C(=O)N(C)C)ncc32)cc1. The number of hydrogen-bond acceptors (Lipinski definition) is 4. The van der Waals surface area contributed by atoms with E-state index in [0.29, 0.717) is 16.4 Å². The van der Waals surface area contributed by atoms with E-state index in [9.17, 15) is 13.2 Å². The van der Waals surface area contributed by atoms with E-state index in [0.717, 1.165) is 10.9 Å². The molecule has 1 amide bonds. The number of aryl methyl sites for hydroxylation is 1. The Balaban J connectivity index is 2.05. The summed E-state index contributed by atoms with van der Waals surface area (Å²) in [6.07, 6.45) is 1.46. The number of rotatable bonds is 3. The van der Waals surface area contributed by atoms with Gasteiger partial charge in [0.2, 0.25) is 0 Å². The Morgan fingerprint density at radius 2 is 1.64 bits per heavy atom. The third kappa shape index (κ3) is 2.75. The summed E-state index contributed by atoms with van der Waals surface area (Å²) in [6.45, 7) is 1.91. The van der Waals surface area contributed by atoms with Gasteiger partial charge in [-0.3, -0.25) is 4.79 Å². The van der Waals surface area contributed by atoms with Crippen molar-refractivity contribution in [1.29, 1.82) is 0 Å². The van der Waals surface area contributed by atoms with Crippen molar-refractivity contribution in [2.75, 3.05) is 14.1 Å². The molecule has 0 spiro atoms. The summed E-state index contributed by atoms with van der Waals surface area (Å²) in [4.78, 5) is 18.2. The van der Waals surface area contributed by atoms with E-state index in [1.165, 1.54) is 15.1 Å². The minimum Gasteiger partial charge on any atom is -0.343 e. The zero-order valence-corrected chi connectivity index (χ0v) is 16.6. The molecule has 4 rings (SSSR count). The molecule has 142 valence electrons. The molecule has 0 fully saturated rings. The summed E-state index contributed by atoms with van der Waals surface area (Å²) in [5.74, 6) is -0.236. The number of pyridine rings is 1. The Morgan fingerprint density at radius 3 is 2.32 bits per heavy atom. The second-order valence-corrected chi connectivity index (χ2v) is 8.67. The Hall–Kier alpha value is -3.19. The standard InChI is InChI=1S/C21H19N3O3S/c1-14-8-10-15(11-9-14)28(26,27)24-19-7-5-4-6-16(19)17-12-18(21(25)23(2)3)22-13-20(17)24/h4-13H,1-3H3. The second-order valence-electron chi connectivity index (χ2n) is 6.89. The molecule has 0 aliphatic rings. The van der Waals surface area contributed by atoms with Crippen LogP contribution in [0.15, 0.2) is 65.7 Å². The first-order valence-corrected chi connectivity index (χ1v) is 10.2. The Kier molecular flexibility index (Phi) is 4.19. The van der Waals surface area contributed by atoms with Gasteiger partial charge in [-0.25, -0.2) is 17.4 Å². The van der Waals surface area contributed by atoms with Crippen LogP contribution in [0, 0.1) is 6.92 Å². The fourth-order valence-corrected chi connectivity index (χ4v) is 4.77. The minimum absolute atomic E-state index is 0.203. The number of nitrogens with zero attached hydrogens (tertiary/aromatic N) is 3. The molecule has 2 heterocycles. The maximum atomic E-state index is 13.4. The first-order chi connectivity index (χ1) is 13.3. The normalized spacial score (nSPS) is 11.8. The molecule has 0 atom stereocenters. The Labute approximate surface area is 163 Å². The van der Waals surface area contributed by atoms with Crippen LogP contribution < -0.4 is 0 Å². The lowest BCUT2D eigenvalue weighted by Crippen LogP contribution is -2.22. The van der Waals surface area contributed by atoms with Crippen LogP contribution >= 0.6 is 0 Å². The van der Waals surface area contributed by atoms with Crippen molar-refractivity contribution in [1.82, 2.24) is 13.9 Å². The van der Waals surface area contributed by atoms with Gasteiger partial charge in [-0.05, 0) is 31.2 Å². The highest BCUT2D eigenvalue weighted by Gasteiger charge is 2.24. The van der Waals surface area contributed by atoms with Crippen LogP contribution in [-0.4, -0.2) is 42.3 Å². The second kappa shape index (κ2) is 6.45. The van der Waals surface area contributed by atoms with Gasteiger partial charge in [0.25, 0.3) is 15.9 Å². The predicted octanol–water partition coefficient (Wildman–Crippen LogP) is 3.44. The van der Waals surface area contributed by atoms with Crippen molar-refractivity contribution in [2.45, 2.75) is 11.8 Å². The number of carbonyl (C=O) groups excluding carboxylic acids is 1. The third-order valence-corrected chi connectivity index (χ3v) is 6.44. The zero-order valence-electron chi connectivity index (χ0n) is 15.7. The van der Waals surface area contributed by atoms with E-state index < -0.39 is 10.0 Å². The number of hydrogen-bond donors (Lipinski definition) is 0. The van der Waals surface area contributed by atoms with Gasteiger partial charge in [0.15, 0.2) is 0 Å². The van der Waals surface area contributed by atoms with E-state index in [1.54, 1.807) is 56.6 Å². The summed E-state index contributed by atoms with van der Waals surface area (Å²) in [7, 11) is -0.529. The first-order valence-electron chi connectivity index (χ1n) is 8.74. The van der Waals surface area contributed by atoms with E-state index in [2.05, 4.69) is 4.98 Å². The summed E-state index contributed by atoms with van der Waals surface area (Å²) >= 11 is 0. The molecular weight excluding hydrogens is 374 g/mol. The molecule has 6 nitrogen and oxygen atoms in total. The molecule has 0 bridgehead atoms. The van der Waals surface area contributed by atoms with E-state index >= 15 is 0 Å². The molecule has 7 heteroatoms. The summed E-state index contributed by atoms with van der Waals surface area (Å²) in [6, 6.07) is 15.6. The van der Waals surface area contributed by atoms with Crippen LogP contribution in [0.3, 0.4) is 0 Å². The fourth-order valence-electron chi connectivity index (χ4n) is 3.25. The quantitative estimate of drug-likeness (QED) is 0.535. The fraction of sp³-hybridized carbons (Fsp3) is 0.143. The van der Waals surface area contributed by atoms with Crippen molar-refractivity contribution in [3.63, 3.8) is 0 Å². The zero-order chi connectivity index (χ0) is 20.1. The monoisotopic (exact) mass is 393 g/mol. The molecule has 4 aromatic rings. The smallest absolute Gasteiger partial charge is 0.271 e. The predicted molar refractivity (Wildman–Crippen MR) is 109 cm³/mol. The van der Waals surface area contributed by atoms with E-state index in [4.69, 9.17) is 0 Å². The number of amides is 1. The van der Waals surface area contributed by atoms with E-state index in [-0.39, 0.29) is 16.5 Å². The van der Waals surface area contributed by atoms with Gasteiger partial charge in [0.05, 0.1) is 22.1 Å². The maximum absolute atomic E-state index is 13.4. The molecule has 0 saturated carbocycles. The van der Waals surface area contributed by atoms with Crippen molar-refractivity contribution in [3.8, 4) is 0 Å². The van der Waals surface area contributed by atoms with E-state index in [1.807, 2.05) is 19.1 Å². The van der Waals surface area contributed by atoms with Gasteiger partial charge in [-0.2, -0.15) is 0 Å². The number of aromatic nitrogens is 2. The average Bonchev–Trinajstić information content (AvgIpc) is 3.02. The topological polar surface area (TPSA) is 72.3 Å². The van der Waals surface area contributed by atoms with Crippen LogP contribution in [0.4, 0.5) is 0 Å². The molecule has 2 aromatic heterocycles. The summed E-state index contributed by atoms with van der Waals surface area (Å²) < 4.78 is 28.1. The molecule has 0 N–H and O–H groups in total. The van der Waals surface area contributed by atoms with Crippen LogP contribution in [0.1, 0.15) is 16.1 Å². The summed E-state index contributed by atoms with van der Waals surface area (Å²) in [5.41, 5.74) is 2.24. The number of fused-ring (bicyclic) bond motifs is 3. The highest BCUT2D eigenvalue weighted by atomic mass is 32.2. The van der Waals surface area contributed by atoms with Gasteiger partial charge in [-0.15, -0.1) is 0 Å². The highest BCUT2D eigenvalue weighted by Crippen LogP contribution is 2.32. The van der Waals surface area contributed by atoms with Gasteiger partial charge in [0, 0.05) is 24.9 Å². The van der Waals surface area contributed by atoms with Gasteiger partial charge >= 0.3 is 0 Å². The summed E-state index contributed by atoms with van der Waals surface area (Å²) in [5, 5.41) is 1.43. The van der Waals surface area contributed by atoms with Gasteiger partial charge < -0.3 is 4.90 Å². The molecule has 0 aliphatic carbocycles. The Morgan fingerprint density at radius 1 is 0.964 bits per heavy atom. The average molecular weight is 393 g/mol. The molecule has 0 aliphatic heterocycles. The lowest BCUT2D eigenvalue weighted by Gasteiger charge is -2.11. The minimum atomic E-state index is -3.83. The maximum Gasteiger partial charge on any atom is 0.271 e. The van der Waals surface area contributed by atoms with Crippen LogP contribution in [0.5, 0.6) is 0 Å². The molecule has 28 heavy (non-hydrogen) atoms. The van der Waals surface area contributed by atoms with Gasteiger partial charge in [-0.1, -0.05) is 35.9 Å². The molecule has 0 unspecified atom stereocenters. The van der Waals surface area contributed by atoms with Crippen LogP contribution in [0.25, 0.3) is 21.8 Å². The molecular formula is C21H19N3O3S. The largest absolute Gasteiger partial charge is 0.343 e. The first kappa shape index (κ1) is 18.2. The highest BCUT2D eigenvalue weighted by molar-refractivity contribution is 7.90. The van der Waals surface area contributed by atoms with Crippen molar-refractivity contribution < 1.29 is 13.2 Å². The number of para-hydroxylation sites is 1. The Bertz CT molecular complexity index is 1320.